The van der Waals surface area contributed by atoms with Crippen LogP contribution in [0, 0.1) is 11.3 Å². The van der Waals surface area contributed by atoms with Crippen molar-refractivity contribution in [3.8, 4) is 0 Å². The Morgan fingerprint density at radius 3 is 2.33 bits per heavy atom. The summed E-state index contributed by atoms with van der Waals surface area (Å²) in [6.07, 6.45) is 0.648. The normalized spacial score (nSPS) is 13.6. The van der Waals surface area contributed by atoms with Crippen LogP contribution in [0.4, 0.5) is 5.13 Å². The first-order chi connectivity index (χ1) is 12.5. The lowest BCUT2D eigenvalue weighted by Gasteiger charge is -2.20. The van der Waals surface area contributed by atoms with E-state index < -0.39 is 15.4 Å². The number of hydrogen-bond acceptors (Lipinski definition) is 6. The number of rotatable bonds is 7. The Morgan fingerprint density at radius 1 is 1.15 bits per heavy atom. The lowest BCUT2D eigenvalue weighted by Crippen LogP contribution is -2.29. The number of sulfonamides is 1. The Kier molecular flexibility index (Phi) is 6.72. The van der Waals surface area contributed by atoms with Gasteiger partial charge in [-0.1, -0.05) is 76.3 Å². The van der Waals surface area contributed by atoms with Crippen LogP contribution in [0.25, 0.3) is 0 Å². The van der Waals surface area contributed by atoms with Gasteiger partial charge in [0.15, 0.2) is 0 Å². The van der Waals surface area contributed by atoms with E-state index in [4.69, 9.17) is 0 Å². The molecule has 1 aromatic heterocycles. The molecule has 1 unspecified atom stereocenters. The molecule has 0 aliphatic carbocycles. The molecular formula is C18H26N4O3S2. The van der Waals surface area contributed by atoms with Crippen molar-refractivity contribution >= 4 is 32.4 Å². The molecule has 1 aromatic carbocycles. The van der Waals surface area contributed by atoms with Crippen molar-refractivity contribution < 1.29 is 13.2 Å². The van der Waals surface area contributed by atoms with Gasteiger partial charge in [-0.25, -0.2) is 13.1 Å². The molecular weight excluding hydrogens is 384 g/mol. The second kappa shape index (κ2) is 8.45. The van der Waals surface area contributed by atoms with Crippen molar-refractivity contribution in [3.05, 3.63) is 35.9 Å². The lowest BCUT2D eigenvalue weighted by molar-refractivity contribution is -0.123. The van der Waals surface area contributed by atoms with Crippen LogP contribution in [-0.4, -0.2) is 24.5 Å². The smallest absolute Gasteiger partial charge is 0.270 e. The zero-order valence-corrected chi connectivity index (χ0v) is 17.8. The SMILES string of the molecule is CC(C)CC(NS(=O)(=O)c1nnc(NC(=O)C(C)(C)C)s1)c1ccccc1. The van der Waals surface area contributed by atoms with Gasteiger partial charge in [-0.2, -0.15) is 0 Å². The number of nitrogens with one attached hydrogen (secondary N) is 2. The Balaban J connectivity index is 2.20. The second-order valence-electron chi connectivity index (χ2n) is 7.79. The molecule has 0 saturated carbocycles. The molecule has 148 valence electrons. The first-order valence-corrected chi connectivity index (χ1v) is 11.0. The third kappa shape index (κ3) is 6.08. The third-order valence-electron chi connectivity index (χ3n) is 3.74. The quantitative estimate of drug-likeness (QED) is 0.679. The van der Waals surface area contributed by atoms with E-state index in [2.05, 4.69) is 20.2 Å². The van der Waals surface area contributed by atoms with Gasteiger partial charge in [0.2, 0.25) is 15.4 Å². The molecule has 0 radical (unpaired) electrons. The molecule has 0 bridgehead atoms. The molecule has 27 heavy (non-hydrogen) atoms. The Morgan fingerprint density at radius 2 is 1.78 bits per heavy atom. The largest absolute Gasteiger partial charge is 0.300 e. The van der Waals surface area contributed by atoms with Gasteiger partial charge >= 0.3 is 0 Å². The number of carbonyl (C=O) groups excluding carboxylic acids is 1. The summed E-state index contributed by atoms with van der Waals surface area (Å²) >= 11 is 0.836. The summed E-state index contributed by atoms with van der Waals surface area (Å²) in [7, 11) is -3.86. The highest BCUT2D eigenvalue weighted by molar-refractivity contribution is 7.91. The summed E-state index contributed by atoms with van der Waals surface area (Å²) in [6, 6.07) is 9.06. The molecule has 2 N–H and O–H groups in total. The van der Waals surface area contributed by atoms with E-state index in [1.54, 1.807) is 20.8 Å². The van der Waals surface area contributed by atoms with Crippen LogP contribution >= 0.6 is 11.3 Å². The fourth-order valence-electron chi connectivity index (χ4n) is 2.30. The maximum Gasteiger partial charge on any atom is 0.270 e. The summed E-state index contributed by atoms with van der Waals surface area (Å²) in [5.74, 6) is 0.0477. The molecule has 1 atom stereocenters. The third-order valence-corrected chi connectivity index (χ3v) is 6.42. The standard InChI is InChI=1S/C18H26N4O3S2/c1-12(2)11-14(13-9-7-6-8-10-13)22-27(24,25)17-21-20-16(26-17)19-15(23)18(3,4)5/h6-10,12,14,22H,11H2,1-5H3,(H,19,20,23). The first kappa shape index (κ1) is 21.5. The van der Waals surface area contributed by atoms with Gasteiger partial charge in [-0.3, -0.25) is 4.79 Å². The molecule has 0 saturated heterocycles. The monoisotopic (exact) mass is 410 g/mol. The van der Waals surface area contributed by atoms with E-state index >= 15 is 0 Å². The van der Waals surface area contributed by atoms with Gasteiger partial charge in [0.05, 0.1) is 0 Å². The molecule has 1 heterocycles. The van der Waals surface area contributed by atoms with Gasteiger partial charge < -0.3 is 5.32 Å². The zero-order chi connectivity index (χ0) is 20.2. The molecule has 0 aliphatic rings. The Labute approximate surface area is 164 Å². The minimum absolute atomic E-state index is 0.162. The highest BCUT2D eigenvalue weighted by atomic mass is 32.2. The van der Waals surface area contributed by atoms with Crippen molar-refractivity contribution in [1.29, 1.82) is 0 Å². The Bertz CT molecular complexity index is 872. The van der Waals surface area contributed by atoms with Crippen LogP contribution < -0.4 is 10.0 Å². The molecule has 1 amide bonds. The molecule has 2 aromatic rings. The van der Waals surface area contributed by atoms with Crippen molar-refractivity contribution in [2.75, 3.05) is 5.32 Å². The number of nitrogens with zero attached hydrogens (tertiary/aromatic N) is 2. The van der Waals surface area contributed by atoms with Crippen molar-refractivity contribution in [2.24, 2.45) is 11.3 Å². The topological polar surface area (TPSA) is 101 Å². The van der Waals surface area contributed by atoms with Crippen molar-refractivity contribution in [2.45, 2.75) is 51.4 Å². The average molecular weight is 411 g/mol. The molecule has 0 spiro atoms. The zero-order valence-electron chi connectivity index (χ0n) is 16.2. The predicted molar refractivity (Wildman–Crippen MR) is 107 cm³/mol. The van der Waals surface area contributed by atoms with Crippen LogP contribution in [0.15, 0.2) is 34.7 Å². The van der Waals surface area contributed by atoms with Crippen molar-refractivity contribution in [3.63, 3.8) is 0 Å². The number of hydrogen-bond donors (Lipinski definition) is 2. The highest BCUT2D eigenvalue weighted by Gasteiger charge is 2.27. The predicted octanol–water partition coefficient (Wildman–Crippen LogP) is 3.59. The van der Waals surface area contributed by atoms with Gasteiger partial charge in [0.1, 0.15) is 0 Å². The maximum atomic E-state index is 12.8. The summed E-state index contributed by atoms with van der Waals surface area (Å²) in [5, 5.41) is 10.3. The van der Waals surface area contributed by atoms with E-state index in [9.17, 15) is 13.2 Å². The van der Waals surface area contributed by atoms with E-state index in [1.807, 2.05) is 44.2 Å². The van der Waals surface area contributed by atoms with Crippen LogP contribution in [0.2, 0.25) is 0 Å². The summed E-state index contributed by atoms with van der Waals surface area (Å²) in [6.45, 7) is 9.36. The minimum Gasteiger partial charge on any atom is -0.300 e. The van der Waals surface area contributed by atoms with Gasteiger partial charge in [-0.05, 0) is 17.9 Å². The fraction of sp³-hybridized carbons (Fsp3) is 0.500. The summed E-state index contributed by atoms with van der Waals surface area (Å²) < 4.78 is 28.1. The Hall–Kier alpha value is -1.84. The lowest BCUT2D eigenvalue weighted by atomic mass is 9.96. The van der Waals surface area contributed by atoms with Crippen LogP contribution in [0.5, 0.6) is 0 Å². The van der Waals surface area contributed by atoms with Crippen LogP contribution in [-0.2, 0) is 14.8 Å². The number of amides is 1. The summed E-state index contributed by atoms with van der Waals surface area (Å²) in [5.41, 5.74) is 0.277. The van der Waals surface area contributed by atoms with E-state index in [1.165, 1.54) is 0 Å². The van der Waals surface area contributed by atoms with E-state index in [0.717, 1.165) is 16.9 Å². The van der Waals surface area contributed by atoms with Gasteiger partial charge in [0.25, 0.3) is 10.0 Å². The van der Waals surface area contributed by atoms with E-state index in [0.29, 0.717) is 12.3 Å². The summed E-state index contributed by atoms with van der Waals surface area (Å²) in [4.78, 5) is 12.0. The molecule has 7 nitrogen and oxygen atoms in total. The van der Waals surface area contributed by atoms with Gasteiger partial charge in [0, 0.05) is 11.5 Å². The van der Waals surface area contributed by atoms with Crippen molar-refractivity contribution in [1.82, 2.24) is 14.9 Å². The average Bonchev–Trinajstić information content (AvgIpc) is 3.03. The van der Waals surface area contributed by atoms with E-state index in [-0.39, 0.29) is 21.4 Å². The molecule has 0 fully saturated rings. The van der Waals surface area contributed by atoms with Crippen LogP contribution in [0.1, 0.15) is 52.6 Å². The maximum absolute atomic E-state index is 12.8. The van der Waals surface area contributed by atoms with Gasteiger partial charge in [-0.15, -0.1) is 10.2 Å². The number of benzene rings is 1. The fourth-order valence-corrected chi connectivity index (χ4v) is 4.45. The molecule has 9 heteroatoms. The highest BCUT2D eigenvalue weighted by Crippen LogP contribution is 2.27. The first-order valence-electron chi connectivity index (χ1n) is 8.71. The number of aromatic nitrogens is 2. The molecule has 0 aliphatic heterocycles. The second-order valence-corrected chi connectivity index (χ2v) is 10.7. The van der Waals surface area contributed by atoms with Crippen LogP contribution in [0.3, 0.4) is 0 Å². The number of anilines is 1. The molecule has 2 rings (SSSR count). The number of carbonyl (C=O) groups is 1. The minimum atomic E-state index is -3.86.